The SMILES string of the molecule is CC(C[C@@H](C)c1ccccc1)C(=O)O. The lowest BCUT2D eigenvalue weighted by Crippen LogP contribution is -2.12. The zero-order valence-corrected chi connectivity index (χ0v) is 8.60. The van der Waals surface area contributed by atoms with Crippen LogP contribution in [0.3, 0.4) is 0 Å². The van der Waals surface area contributed by atoms with E-state index in [-0.39, 0.29) is 5.92 Å². The van der Waals surface area contributed by atoms with Crippen molar-refractivity contribution in [3.05, 3.63) is 35.9 Å². The van der Waals surface area contributed by atoms with Crippen LogP contribution >= 0.6 is 0 Å². The van der Waals surface area contributed by atoms with Gasteiger partial charge in [0.05, 0.1) is 5.92 Å². The van der Waals surface area contributed by atoms with E-state index in [0.29, 0.717) is 12.3 Å². The van der Waals surface area contributed by atoms with Gasteiger partial charge in [0, 0.05) is 0 Å². The van der Waals surface area contributed by atoms with Crippen molar-refractivity contribution in [3.63, 3.8) is 0 Å². The van der Waals surface area contributed by atoms with E-state index in [2.05, 4.69) is 6.92 Å². The number of hydrogen-bond donors (Lipinski definition) is 1. The normalized spacial score (nSPS) is 14.7. The minimum absolute atomic E-state index is 0.273. The Kier molecular flexibility index (Phi) is 3.69. The number of rotatable bonds is 4. The first-order valence-corrected chi connectivity index (χ1v) is 4.89. The van der Waals surface area contributed by atoms with E-state index >= 15 is 0 Å². The first kappa shape index (κ1) is 10.8. The lowest BCUT2D eigenvalue weighted by Gasteiger charge is -2.14. The highest BCUT2D eigenvalue weighted by molar-refractivity contribution is 5.69. The average molecular weight is 192 g/mol. The molecular formula is C12H16O2. The average Bonchev–Trinajstić information content (AvgIpc) is 2.19. The minimum Gasteiger partial charge on any atom is -0.481 e. The molecule has 76 valence electrons. The molecule has 0 spiro atoms. The monoisotopic (exact) mass is 192 g/mol. The number of carboxylic acid groups (broad SMARTS) is 1. The molecule has 0 aliphatic carbocycles. The van der Waals surface area contributed by atoms with Gasteiger partial charge in [-0.2, -0.15) is 0 Å². The zero-order chi connectivity index (χ0) is 10.6. The van der Waals surface area contributed by atoms with E-state index < -0.39 is 5.97 Å². The maximum absolute atomic E-state index is 10.7. The van der Waals surface area contributed by atoms with Crippen molar-refractivity contribution in [1.82, 2.24) is 0 Å². The van der Waals surface area contributed by atoms with Crippen molar-refractivity contribution in [2.24, 2.45) is 5.92 Å². The Bertz CT molecular complexity index is 292. The molecule has 1 unspecified atom stereocenters. The molecular weight excluding hydrogens is 176 g/mol. The number of benzene rings is 1. The quantitative estimate of drug-likeness (QED) is 0.796. The van der Waals surface area contributed by atoms with Crippen molar-refractivity contribution in [2.45, 2.75) is 26.2 Å². The third kappa shape index (κ3) is 2.87. The van der Waals surface area contributed by atoms with E-state index in [1.54, 1.807) is 6.92 Å². The van der Waals surface area contributed by atoms with Crippen LogP contribution < -0.4 is 0 Å². The van der Waals surface area contributed by atoms with Gasteiger partial charge in [0.15, 0.2) is 0 Å². The summed E-state index contributed by atoms with van der Waals surface area (Å²) in [6, 6.07) is 10.0. The molecule has 1 rings (SSSR count). The third-order valence-corrected chi connectivity index (χ3v) is 2.50. The minimum atomic E-state index is -0.715. The number of carbonyl (C=O) groups is 1. The van der Waals surface area contributed by atoms with Gasteiger partial charge in [-0.3, -0.25) is 4.79 Å². The van der Waals surface area contributed by atoms with Crippen LogP contribution in [0.15, 0.2) is 30.3 Å². The Morgan fingerprint density at radius 2 is 1.86 bits per heavy atom. The van der Waals surface area contributed by atoms with E-state index in [4.69, 9.17) is 5.11 Å². The number of aliphatic carboxylic acids is 1. The second-order valence-corrected chi connectivity index (χ2v) is 3.79. The second-order valence-electron chi connectivity index (χ2n) is 3.79. The summed E-state index contributed by atoms with van der Waals surface area (Å²) in [5, 5.41) is 8.78. The predicted molar refractivity (Wildman–Crippen MR) is 56.3 cm³/mol. The fourth-order valence-electron chi connectivity index (χ4n) is 1.55. The van der Waals surface area contributed by atoms with Crippen molar-refractivity contribution in [1.29, 1.82) is 0 Å². The van der Waals surface area contributed by atoms with Crippen LogP contribution in [0.4, 0.5) is 0 Å². The fraction of sp³-hybridized carbons (Fsp3) is 0.417. The highest BCUT2D eigenvalue weighted by atomic mass is 16.4. The lowest BCUT2D eigenvalue weighted by molar-refractivity contribution is -0.141. The van der Waals surface area contributed by atoms with Gasteiger partial charge in [0.25, 0.3) is 0 Å². The Labute approximate surface area is 84.6 Å². The molecule has 1 aromatic carbocycles. The summed E-state index contributed by atoms with van der Waals surface area (Å²) >= 11 is 0. The second kappa shape index (κ2) is 4.80. The van der Waals surface area contributed by atoms with Gasteiger partial charge in [-0.25, -0.2) is 0 Å². The van der Waals surface area contributed by atoms with Crippen LogP contribution in [0.25, 0.3) is 0 Å². The summed E-state index contributed by atoms with van der Waals surface area (Å²) in [5.74, 6) is -0.680. The van der Waals surface area contributed by atoms with E-state index in [0.717, 1.165) is 0 Å². The molecule has 0 amide bonds. The van der Waals surface area contributed by atoms with Crippen molar-refractivity contribution < 1.29 is 9.90 Å². The molecule has 14 heavy (non-hydrogen) atoms. The molecule has 1 aromatic rings. The highest BCUT2D eigenvalue weighted by Gasteiger charge is 2.15. The topological polar surface area (TPSA) is 37.3 Å². The highest BCUT2D eigenvalue weighted by Crippen LogP contribution is 2.22. The van der Waals surface area contributed by atoms with Gasteiger partial charge >= 0.3 is 5.97 Å². The van der Waals surface area contributed by atoms with Gasteiger partial charge in [-0.05, 0) is 17.9 Å². The van der Waals surface area contributed by atoms with Crippen molar-refractivity contribution in [2.75, 3.05) is 0 Å². The number of carboxylic acids is 1. The molecule has 2 atom stereocenters. The van der Waals surface area contributed by atoms with E-state index in [1.807, 2.05) is 30.3 Å². The van der Waals surface area contributed by atoms with Crippen LogP contribution in [0.5, 0.6) is 0 Å². The summed E-state index contributed by atoms with van der Waals surface area (Å²) in [5.41, 5.74) is 1.21. The molecule has 0 heterocycles. The van der Waals surface area contributed by atoms with Gasteiger partial charge in [0.2, 0.25) is 0 Å². The maximum Gasteiger partial charge on any atom is 0.306 e. The van der Waals surface area contributed by atoms with Crippen LogP contribution in [0, 0.1) is 5.92 Å². The third-order valence-electron chi connectivity index (χ3n) is 2.50. The summed E-state index contributed by atoms with van der Waals surface area (Å²) in [4.78, 5) is 10.7. The van der Waals surface area contributed by atoms with Crippen LogP contribution in [-0.2, 0) is 4.79 Å². The van der Waals surface area contributed by atoms with Crippen LogP contribution in [0.1, 0.15) is 31.7 Å². The molecule has 0 fully saturated rings. The van der Waals surface area contributed by atoms with Gasteiger partial charge < -0.3 is 5.11 Å². The predicted octanol–water partition coefficient (Wildman–Crippen LogP) is 2.90. The molecule has 2 nitrogen and oxygen atoms in total. The van der Waals surface area contributed by atoms with Crippen LogP contribution in [0.2, 0.25) is 0 Å². The van der Waals surface area contributed by atoms with Crippen molar-refractivity contribution in [3.8, 4) is 0 Å². The molecule has 0 saturated heterocycles. The number of hydrogen-bond acceptors (Lipinski definition) is 1. The molecule has 0 aliphatic heterocycles. The summed E-state index contributed by atoms with van der Waals surface area (Å²) in [6.07, 6.45) is 0.694. The molecule has 2 heteroatoms. The van der Waals surface area contributed by atoms with E-state index in [1.165, 1.54) is 5.56 Å². The zero-order valence-electron chi connectivity index (χ0n) is 8.60. The molecule has 0 bridgehead atoms. The Morgan fingerprint density at radius 1 is 1.29 bits per heavy atom. The Morgan fingerprint density at radius 3 is 2.36 bits per heavy atom. The lowest BCUT2D eigenvalue weighted by atomic mass is 9.91. The van der Waals surface area contributed by atoms with E-state index in [9.17, 15) is 4.79 Å². The summed E-state index contributed by atoms with van der Waals surface area (Å²) in [6.45, 7) is 3.82. The fourth-order valence-corrected chi connectivity index (χ4v) is 1.55. The first-order chi connectivity index (χ1) is 6.61. The van der Waals surface area contributed by atoms with Gasteiger partial charge in [0.1, 0.15) is 0 Å². The first-order valence-electron chi connectivity index (χ1n) is 4.89. The molecule has 0 saturated carbocycles. The van der Waals surface area contributed by atoms with Crippen molar-refractivity contribution >= 4 is 5.97 Å². The Hall–Kier alpha value is -1.31. The molecule has 0 radical (unpaired) electrons. The molecule has 0 aromatic heterocycles. The Balaban J connectivity index is 2.59. The molecule has 0 aliphatic rings. The van der Waals surface area contributed by atoms with Gasteiger partial charge in [-0.15, -0.1) is 0 Å². The standard InChI is InChI=1S/C12H16O2/c1-9(8-10(2)12(13)14)11-6-4-3-5-7-11/h3-7,9-10H,8H2,1-2H3,(H,13,14)/t9-,10?/m1/s1. The van der Waals surface area contributed by atoms with Crippen LogP contribution in [-0.4, -0.2) is 11.1 Å². The molecule has 1 N–H and O–H groups in total. The smallest absolute Gasteiger partial charge is 0.306 e. The summed E-state index contributed by atoms with van der Waals surface area (Å²) in [7, 11) is 0. The largest absolute Gasteiger partial charge is 0.481 e. The summed E-state index contributed by atoms with van der Waals surface area (Å²) < 4.78 is 0. The maximum atomic E-state index is 10.7. The van der Waals surface area contributed by atoms with Gasteiger partial charge in [-0.1, -0.05) is 44.2 Å².